The van der Waals surface area contributed by atoms with E-state index in [1.54, 1.807) is 0 Å². The van der Waals surface area contributed by atoms with Gasteiger partial charge in [-0.2, -0.15) is 0 Å². The van der Waals surface area contributed by atoms with Gasteiger partial charge in [-0.25, -0.2) is 4.98 Å². The van der Waals surface area contributed by atoms with Gasteiger partial charge in [-0.3, -0.25) is 4.79 Å². The van der Waals surface area contributed by atoms with Crippen LogP contribution in [0.15, 0.2) is 53.4 Å². The molecule has 3 aromatic rings. The maximum atomic E-state index is 11.8. The number of H-pyrrole nitrogens is 1. The molecule has 3 nitrogen and oxygen atoms in total. The van der Waals surface area contributed by atoms with Gasteiger partial charge in [-0.05, 0) is 24.6 Å². The van der Waals surface area contributed by atoms with Crippen LogP contribution in [0, 0.1) is 6.92 Å². The van der Waals surface area contributed by atoms with Gasteiger partial charge in [-0.1, -0.05) is 41.9 Å². The lowest BCUT2D eigenvalue weighted by atomic mass is 10.00. The number of pyridine rings is 1. The molecule has 0 fully saturated rings. The number of ether oxygens (including phenoxy) is 1. The Labute approximate surface area is 156 Å². The summed E-state index contributed by atoms with van der Waals surface area (Å²) >= 11 is 7.73. The number of benzene rings is 2. The highest BCUT2D eigenvalue weighted by Crippen LogP contribution is 2.38. The van der Waals surface area contributed by atoms with E-state index < -0.39 is 0 Å². The Morgan fingerprint density at radius 1 is 1.20 bits per heavy atom. The van der Waals surface area contributed by atoms with Crippen LogP contribution >= 0.6 is 23.4 Å². The first-order chi connectivity index (χ1) is 12.1. The Bertz CT molecular complexity index is 912. The van der Waals surface area contributed by atoms with Crippen molar-refractivity contribution in [3.63, 3.8) is 0 Å². The van der Waals surface area contributed by atoms with Gasteiger partial charge in [0.15, 0.2) is 5.69 Å². The number of thioether (sulfide) groups is 1. The smallest absolute Gasteiger partial charge is 0.316 e. The molecule has 0 aliphatic carbocycles. The number of fused-ring (bicyclic) bond motifs is 1. The summed E-state index contributed by atoms with van der Waals surface area (Å²) in [4.78, 5) is 16.3. The zero-order valence-electron chi connectivity index (χ0n) is 14.1. The van der Waals surface area contributed by atoms with Crippen LogP contribution in [0.1, 0.15) is 12.6 Å². The molecule has 1 heterocycles. The molecule has 0 atom stereocenters. The minimum atomic E-state index is -0.211. The SMILES string of the molecule is CCOC(=O)CSc1c(C)[nH+]c2ccc(Cl)cc2c1-c1ccccc1. The van der Waals surface area contributed by atoms with Crippen LogP contribution in [0.2, 0.25) is 5.02 Å². The number of aromatic amines is 1. The van der Waals surface area contributed by atoms with Crippen molar-refractivity contribution in [2.75, 3.05) is 12.4 Å². The number of esters is 1. The maximum absolute atomic E-state index is 11.8. The monoisotopic (exact) mass is 372 g/mol. The molecule has 0 aliphatic rings. The topological polar surface area (TPSA) is 40.4 Å². The Hall–Kier alpha value is -2.04. The van der Waals surface area contributed by atoms with E-state index >= 15 is 0 Å². The van der Waals surface area contributed by atoms with Crippen LogP contribution in [0.5, 0.6) is 0 Å². The van der Waals surface area contributed by atoms with Crippen molar-refractivity contribution >= 4 is 40.2 Å². The summed E-state index contributed by atoms with van der Waals surface area (Å²) < 4.78 is 5.06. The number of halogens is 1. The number of carbonyl (C=O) groups is 1. The highest BCUT2D eigenvalue weighted by molar-refractivity contribution is 8.00. The van der Waals surface area contributed by atoms with E-state index in [1.165, 1.54) is 11.8 Å². The molecule has 0 saturated heterocycles. The standard InChI is InChI=1S/C20H18ClNO2S/c1-3-24-18(23)12-25-20-13(2)22-17-10-9-15(21)11-16(17)19(20)14-7-5-4-6-8-14/h4-11H,3,12H2,1-2H3/p+1. The molecule has 0 aliphatic heterocycles. The van der Waals surface area contributed by atoms with E-state index in [0.717, 1.165) is 32.6 Å². The number of nitrogens with one attached hydrogen (secondary N) is 1. The first-order valence-corrected chi connectivity index (χ1v) is 9.45. The normalized spacial score (nSPS) is 10.8. The molecule has 2 aromatic carbocycles. The zero-order valence-corrected chi connectivity index (χ0v) is 15.7. The number of carbonyl (C=O) groups excluding carboxylic acids is 1. The van der Waals surface area contributed by atoms with E-state index in [2.05, 4.69) is 17.1 Å². The number of hydrogen-bond acceptors (Lipinski definition) is 3. The van der Waals surface area contributed by atoms with Gasteiger partial charge in [-0.15, -0.1) is 11.8 Å². The summed E-state index contributed by atoms with van der Waals surface area (Å²) in [6.07, 6.45) is 0. The van der Waals surface area contributed by atoms with E-state index in [0.29, 0.717) is 11.6 Å². The van der Waals surface area contributed by atoms with E-state index in [4.69, 9.17) is 16.3 Å². The fraction of sp³-hybridized carbons (Fsp3) is 0.200. The first-order valence-electron chi connectivity index (χ1n) is 8.09. The Morgan fingerprint density at radius 3 is 2.68 bits per heavy atom. The first kappa shape index (κ1) is 17.8. The van der Waals surface area contributed by atoms with Gasteiger partial charge >= 0.3 is 5.97 Å². The summed E-state index contributed by atoms with van der Waals surface area (Å²) in [5.41, 5.74) is 4.21. The van der Waals surface area contributed by atoms with Crippen LogP contribution in [0.3, 0.4) is 0 Å². The summed E-state index contributed by atoms with van der Waals surface area (Å²) in [5, 5.41) is 1.72. The van der Waals surface area contributed by atoms with Gasteiger partial charge in [0.25, 0.3) is 0 Å². The maximum Gasteiger partial charge on any atom is 0.316 e. The van der Waals surface area contributed by atoms with Gasteiger partial charge in [0.05, 0.1) is 22.6 Å². The third kappa shape index (κ3) is 3.97. The molecule has 0 saturated carbocycles. The number of aryl methyl sites for hydroxylation is 1. The molecule has 0 spiro atoms. The van der Waals surface area contributed by atoms with Gasteiger partial charge in [0, 0.05) is 23.6 Å². The zero-order chi connectivity index (χ0) is 17.8. The lowest BCUT2D eigenvalue weighted by molar-refractivity contribution is -0.357. The molecule has 3 rings (SSSR count). The lowest BCUT2D eigenvalue weighted by Gasteiger charge is -2.12. The van der Waals surface area contributed by atoms with Gasteiger partial charge in [0.2, 0.25) is 5.52 Å². The molecular formula is C20H19ClNO2S+. The molecule has 0 unspecified atom stereocenters. The van der Waals surface area contributed by atoms with E-state index in [9.17, 15) is 4.79 Å². The number of hydrogen-bond donors (Lipinski definition) is 0. The minimum absolute atomic E-state index is 0.211. The van der Waals surface area contributed by atoms with Crippen LogP contribution in [0.4, 0.5) is 0 Å². The fourth-order valence-corrected chi connectivity index (χ4v) is 3.96. The highest BCUT2D eigenvalue weighted by atomic mass is 35.5. The number of aromatic nitrogens is 1. The third-order valence-corrected chi connectivity index (χ3v) is 5.26. The van der Waals surface area contributed by atoms with Crippen molar-refractivity contribution in [3.8, 4) is 11.1 Å². The second-order valence-electron chi connectivity index (χ2n) is 5.60. The van der Waals surface area contributed by atoms with Crippen molar-refractivity contribution < 1.29 is 14.5 Å². The molecule has 5 heteroatoms. The third-order valence-electron chi connectivity index (χ3n) is 3.84. The average Bonchev–Trinajstić information content (AvgIpc) is 2.61. The molecule has 0 radical (unpaired) electrons. The van der Waals surface area contributed by atoms with Crippen molar-refractivity contribution in [2.45, 2.75) is 18.7 Å². The van der Waals surface area contributed by atoms with Crippen LogP contribution in [0.25, 0.3) is 22.0 Å². The highest BCUT2D eigenvalue weighted by Gasteiger charge is 2.20. The Morgan fingerprint density at radius 2 is 1.96 bits per heavy atom. The molecular weight excluding hydrogens is 354 g/mol. The van der Waals surface area contributed by atoms with Crippen molar-refractivity contribution in [3.05, 3.63) is 59.2 Å². The largest absolute Gasteiger partial charge is 0.465 e. The van der Waals surface area contributed by atoms with Crippen LogP contribution < -0.4 is 4.98 Å². The van der Waals surface area contributed by atoms with Crippen LogP contribution in [-0.4, -0.2) is 18.3 Å². The molecule has 1 N–H and O–H groups in total. The summed E-state index contributed by atoms with van der Waals surface area (Å²) in [6.45, 7) is 4.23. The summed E-state index contributed by atoms with van der Waals surface area (Å²) in [5.74, 6) is 0.0612. The van der Waals surface area contributed by atoms with Crippen molar-refractivity contribution in [1.82, 2.24) is 0 Å². The Kier molecular flexibility index (Phi) is 5.61. The molecule has 0 bridgehead atoms. The predicted molar refractivity (Wildman–Crippen MR) is 103 cm³/mol. The van der Waals surface area contributed by atoms with E-state index in [-0.39, 0.29) is 11.7 Å². The second-order valence-corrected chi connectivity index (χ2v) is 7.03. The van der Waals surface area contributed by atoms with Crippen molar-refractivity contribution in [2.24, 2.45) is 0 Å². The quantitative estimate of drug-likeness (QED) is 0.470. The second kappa shape index (κ2) is 7.89. The van der Waals surface area contributed by atoms with Crippen LogP contribution in [-0.2, 0) is 9.53 Å². The average molecular weight is 373 g/mol. The predicted octanol–water partition coefficient (Wildman–Crippen LogP) is 4.94. The fourth-order valence-electron chi connectivity index (χ4n) is 2.81. The van der Waals surface area contributed by atoms with Crippen molar-refractivity contribution in [1.29, 1.82) is 0 Å². The Balaban J connectivity index is 2.17. The number of rotatable bonds is 5. The lowest BCUT2D eigenvalue weighted by Crippen LogP contribution is -2.13. The van der Waals surface area contributed by atoms with Gasteiger partial charge < -0.3 is 4.74 Å². The molecule has 25 heavy (non-hydrogen) atoms. The molecule has 1 aromatic heterocycles. The van der Waals surface area contributed by atoms with E-state index in [1.807, 2.05) is 50.2 Å². The minimum Gasteiger partial charge on any atom is -0.465 e. The summed E-state index contributed by atoms with van der Waals surface area (Å²) in [7, 11) is 0. The summed E-state index contributed by atoms with van der Waals surface area (Å²) in [6, 6.07) is 16.0. The molecule has 0 amide bonds. The molecule has 128 valence electrons. The van der Waals surface area contributed by atoms with Gasteiger partial charge in [0.1, 0.15) is 0 Å².